The topological polar surface area (TPSA) is 39.9 Å². The van der Waals surface area contributed by atoms with E-state index in [1.807, 2.05) is 23.9 Å². The van der Waals surface area contributed by atoms with Gasteiger partial charge in [0.15, 0.2) is 0 Å². The molecular weight excluding hydrogens is 320 g/mol. The summed E-state index contributed by atoms with van der Waals surface area (Å²) < 4.78 is 1.81. The van der Waals surface area contributed by atoms with Crippen LogP contribution in [0.3, 0.4) is 0 Å². The van der Waals surface area contributed by atoms with Crippen molar-refractivity contribution >= 4 is 0 Å². The Hall–Kier alpha value is -1.09. The number of nitrogens with zero attached hydrogens (tertiary/aromatic N) is 1. The number of rotatable bonds is 17. The Bertz CT molecular complexity index is 437. The smallest absolute Gasteiger partial charge is 0.243 e. The van der Waals surface area contributed by atoms with Crippen molar-refractivity contribution in [3.8, 4) is 0 Å². The van der Waals surface area contributed by atoms with Gasteiger partial charge in [-0.2, -0.15) is 0 Å². The van der Waals surface area contributed by atoms with Gasteiger partial charge in [-0.25, -0.2) is 4.57 Å². The molecule has 1 aromatic heterocycles. The second-order valence-corrected chi connectivity index (χ2v) is 7.94. The van der Waals surface area contributed by atoms with Crippen LogP contribution in [0, 0.1) is 0 Å². The van der Waals surface area contributed by atoms with Gasteiger partial charge in [-0.15, -0.1) is 0 Å². The van der Waals surface area contributed by atoms with Gasteiger partial charge in [0.25, 0.3) is 0 Å². The lowest BCUT2D eigenvalue weighted by atomic mass is 10.0. The summed E-state index contributed by atoms with van der Waals surface area (Å²) in [6, 6.07) is 0. The van der Waals surface area contributed by atoms with Gasteiger partial charge in [0, 0.05) is 13.3 Å². The summed E-state index contributed by atoms with van der Waals surface area (Å²) in [5.41, 5.74) is -0.841. The maximum Gasteiger partial charge on any atom is 0.243 e. The highest BCUT2D eigenvalue weighted by molar-refractivity contribution is 4.84. The van der Waals surface area contributed by atoms with Crippen molar-refractivity contribution in [2.75, 3.05) is 0 Å². The summed E-state index contributed by atoms with van der Waals surface area (Å²) >= 11 is 0. The predicted molar refractivity (Wildman–Crippen MR) is 111 cm³/mol. The summed E-state index contributed by atoms with van der Waals surface area (Å²) in [7, 11) is 0. The highest BCUT2D eigenvalue weighted by Gasteiger charge is 2.25. The van der Waals surface area contributed by atoms with Gasteiger partial charge >= 0.3 is 0 Å². The minimum atomic E-state index is -0.841. The number of imidazole rings is 1. The predicted octanol–water partition coefficient (Wildman–Crippen LogP) is 6.39. The fourth-order valence-corrected chi connectivity index (χ4v) is 3.40. The first-order chi connectivity index (χ1) is 12.7. The lowest BCUT2D eigenvalue weighted by molar-refractivity contribution is -0.801. The Morgan fingerprint density at radius 1 is 0.846 bits per heavy atom. The number of aliphatic hydroxyl groups is 1. The quantitative estimate of drug-likeness (QED) is 0.188. The summed E-state index contributed by atoms with van der Waals surface area (Å²) in [4.78, 5) is 2.97. The maximum absolute atomic E-state index is 10.4. The van der Waals surface area contributed by atoms with Crippen LogP contribution in [0.5, 0.6) is 0 Å². The van der Waals surface area contributed by atoms with E-state index in [1.165, 1.54) is 83.5 Å². The van der Waals surface area contributed by atoms with Crippen molar-refractivity contribution in [3.63, 3.8) is 0 Å². The molecule has 0 saturated carbocycles. The van der Waals surface area contributed by atoms with Crippen LogP contribution in [0.2, 0.25) is 0 Å². The zero-order valence-corrected chi connectivity index (χ0v) is 17.4. The van der Waals surface area contributed by atoms with E-state index >= 15 is 0 Å². The highest BCUT2D eigenvalue weighted by Crippen LogP contribution is 2.14. The van der Waals surface area contributed by atoms with E-state index in [0.29, 0.717) is 6.42 Å². The molecule has 1 aromatic rings. The second-order valence-electron chi connectivity index (χ2n) is 7.94. The van der Waals surface area contributed by atoms with Crippen LogP contribution in [0.15, 0.2) is 30.9 Å². The summed E-state index contributed by atoms with van der Waals surface area (Å²) in [6.45, 7) is 4.13. The van der Waals surface area contributed by atoms with Crippen molar-refractivity contribution in [1.29, 1.82) is 0 Å². The minimum Gasteiger partial charge on any atom is -0.353 e. The van der Waals surface area contributed by atoms with E-state index in [9.17, 15) is 5.11 Å². The third kappa shape index (κ3) is 11.5. The summed E-state index contributed by atoms with van der Waals surface area (Å²) in [5, 5.41) is 10.4. The van der Waals surface area contributed by atoms with E-state index < -0.39 is 5.72 Å². The molecule has 0 aliphatic carbocycles. The fourth-order valence-electron chi connectivity index (χ4n) is 3.40. The molecule has 150 valence electrons. The number of aromatic amines is 1. The molecule has 3 nitrogen and oxygen atoms in total. The van der Waals surface area contributed by atoms with E-state index in [-0.39, 0.29) is 0 Å². The molecule has 3 heteroatoms. The molecule has 0 spiro atoms. The van der Waals surface area contributed by atoms with Gasteiger partial charge in [0.05, 0.1) is 0 Å². The molecule has 0 aromatic carbocycles. The van der Waals surface area contributed by atoms with Crippen LogP contribution < -0.4 is 4.57 Å². The van der Waals surface area contributed by atoms with E-state index in [0.717, 1.165) is 6.42 Å². The minimum absolute atomic E-state index is 0.647. The van der Waals surface area contributed by atoms with Crippen LogP contribution in [0.25, 0.3) is 0 Å². The number of H-pyrrole nitrogens is 1. The van der Waals surface area contributed by atoms with Crippen molar-refractivity contribution in [2.45, 2.75) is 116 Å². The molecule has 0 saturated heterocycles. The first kappa shape index (κ1) is 23.0. The van der Waals surface area contributed by atoms with Gasteiger partial charge in [-0.3, -0.25) is 4.98 Å². The molecule has 1 unspecified atom stereocenters. The van der Waals surface area contributed by atoms with Gasteiger partial charge in [-0.1, -0.05) is 96.1 Å². The number of hydrogen-bond donors (Lipinski definition) is 2. The first-order valence-electron chi connectivity index (χ1n) is 11.1. The Balaban J connectivity index is 1.85. The average molecular weight is 364 g/mol. The van der Waals surface area contributed by atoms with Crippen LogP contribution in [-0.4, -0.2) is 10.1 Å². The number of hydrogen-bond acceptors (Lipinski definition) is 1. The lowest BCUT2D eigenvalue weighted by Gasteiger charge is -2.17. The number of unbranched alkanes of at least 4 members (excludes halogenated alkanes) is 13. The van der Waals surface area contributed by atoms with Gasteiger partial charge in [0.2, 0.25) is 12.1 Å². The number of aromatic nitrogens is 2. The molecule has 0 aliphatic heterocycles. The SMILES string of the molecule is CCCCCCCCCCCCCCCC=CCC(C)(O)[n+]1cc[nH]c1. The molecule has 26 heavy (non-hydrogen) atoms. The Labute approximate surface area is 161 Å². The van der Waals surface area contributed by atoms with Crippen LogP contribution in [-0.2, 0) is 5.72 Å². The van der Waals surface area contributed by atoms with Crippen molar-refractivity contribution < 1.29 is 9.67 Å². The molecule has 1 rings (SSSR count). The molecule has 0 bridgehead atoms. The molecular formula is C23H43N2O+. The second kappa shape index (κ2) is 15.0. The molecule has 2 N–H and O–H groups in total. The van der Waals surface area contributed by atoms with Crippen LogP contribution in [0.4, 0.5) is 0 Å². The fraction of sp³-hybridized carbons (Fsp3) is 0.783. The molecule has 0 amide bonds. The van der Waals surface area contributed by atoms with Gasteiger partial charge in [-0.05, 0) is 12.8 Å². The molecule has 0 aliphatic rings. The first-order valence-corrected chi connectivity index (χ1v) is 11.1. The highest BCUT2D eigenvalue weighted by atomic mass is 16.3. The number of allylic oxidation sites excluding steroid dienone is 1. The largest absolute Gasteiger partial charge is 0.353 e. The molecule has 1 heterocycles. The average Bonchev–Trinajstić information content (AvgIpc) is 3.17. The Morgan fingerprint density at radius 2 is 1.38 bits per heavy atom. The normalized spacial score (nSPS) is 14.1. The zero-order chi connectivity index (χ0) is 18.9. The van der Waals surface area contributed by atoms with E-state index in [4.69, 9.17) is 0 Å². The van der Waals surface area contributed by atoms with Crippen LogP contribution in [0.1, 0.15) is 110 Å². The summed E-state index contributed by atoms with van der Waals surface area (Å²) in [6.07, 6.45) is 29.8. The van der Waals surface area contributed by atoms with Gasteiger partial charge in [0.1, 0.15) is 12.4 Å². The third-order valence-electron chi connectivity index (χ3n) is 5.25. The maximum atomic E-state index is 10.4. The summed E-state index contributed by atoms with van der Waals surface area (Å²) in [5.74, 6) is 0. The third-order valence-corrected chi connectivity index (χ3v) is 5.25. The van der Waals surface area contributed by atoms with Crippen molar-refractivity contribution in [1.82, 2.24) is 4.98 Å². The molecule has 1 atom stereocenters. The lowest BCUT2D eigenvalue weighted by Crippen LogP contribution is -2.52. The Kier molecular flexibility index (Phi) is 13.3. The standard InChI is InChI=1S/C23H42N2O/c1-3-4-5-6-7-8-9-10-11-12-13-14-15-16-17-18-19-23(2,26)25-21-20-24-22-25/h17-18,20-22,26H,3-16,19H2,1-2H3/p+1. The van der Waals surface area contributed by atoms with E-state index in [2.05, 4.69) is 24.1 Å². The van der Waals surface area contributed by atoms with E-state index in [1.54, 1.807) is 6.33 Å². The molecule has 0 radical (unpaired) electrons. The monoisotopic (exact) mass is 363 g/mol. The Morgan fingerprint density at radius 3 is 1.88 bits per heavy atom. The van der Waals surface area contributed by atoms with Crippen molar-refractivity contribution in [2.24, 2.45) is 0 Å². The van der Waals surface area contributed by atoms with Crippen molar-refractivity contribution in [3.05, 3.63) is 30.9 Å². The molecule has 0 fully saturated rings. The number of nitrogens with one attached hydrogen (secondary N) is 1. The van der Waals surface area contributed by atoms with Gasteiger partial charge < -0.3 is 5.11 Å². The van der Waals surface area contributed by atoms with Crippen LogP contribution >= 0.6 is 0 Å². The zero-order valence-electron chi connectivity index (χ0n) is 17.4.